The van der Waals surface area contributed by atoms with Crippen molar-refractivity contribution in [3.05, 3.63) is 89.9 Å². The molecule has 2 aromatic heterocycles. The lowest BCUT2D eigenvalue weighted by Crippen LogP contribution is -2.43. The number of nitrogens with two attached hydrogens (primary N) is 1. The number of nitrogens with one attached hydrogen (secondary N) is 2. The molecular weight excluding hydrogens is 683 g/mol. The first-order chi connectivity index (χ1) is 24.4. The summed E-state index contributed by atoms with van der Waals surface area (Å²) >= 11 is 0. The maximum absolute atomic E-state index is 14.1. The van der Waals surface area contributed by atoms with Gasteiger partial charge >= 0.3 is 25.8 Å². The highest BCUT2D eigenvalue weighted by atomic mass is 31.2. The molecule has 2 heterocycles. The molecule has 4 atom stereocenters. The number of amides is 1. The van der Waals surface area contributed by atoms with Gasteiger partial charge in [0.25, 0.3) is 0 Å². The number of aromatic nitrogens is 3. The number of anilines is 1. The van der Waals surface area contributed by atoms with Gasteiger partial charge in [-0.3, -0.25) is 9.32 Å². The molecule has 0 saturated heterocycles. The molecule has 4 rings (SSSR count). The molecule has 51 heavy (non-hydrogen) atoms. The third kappa shape index (κ3) is 11.0. The molecule has 0 spiro atoms. The number of methoxy groups -OCH3 is 3. The largest absolute Gasteiger partial charge is 0.468 e. The number of hydrogen-bond acceptors (Lipinski definition) is 13. The van der Waals surface area contributed by atoms with Crippen molar-refractivity contribution in [2.24, 2.45) is 0 Å². The molecule has 4 aromatic rings. The van der Waals surface area contributed by atoms with Gasteiger partial charge in [0.2, 0.25) is 0 Å². The fourth-order valence-electron chi connectivity index (χ4n) is 4.90. The number of esters is 2. The Morgan fingerprint density at radius 2 is 1.67 bits per heavy atom. The average molecular weight is 727 g/mol. The molecule has 0 aliphatic rings. The first kappa shape index (κ1) is 38.8. The molecule has 0 aliphatic heterocycles. The highest BCUT2D eigenvalue weighted by molar-refractivity contribution is 7.52. The molecule has 0 fully saturated rings. The number of aryl methyl sites for hydroxylation is 1. The minimum atomic E-state index is -4.24. The average Bonchev–Trinajstić information content (AvgIpc) is 3.57. The Hall–Kier alpha value is -5.02. The minimum absolute atomic E-state index is 0.0241. The zero-order chi connectivity index (χ0) is 37.0. The SMILES string of the molecule is COC(=O)[C@H](C)NP(=O)(OC[C@](C)(CCc1ccc2c(N)ncnn12)OC)Oc1ccc(C[C@H](NC(=O)OCc2ccccc2)C(=O)OC)cc1. The number of hydrogen-bond donors (Lipinski definition) is 3. The van der Waals surface area contributed by atoms with E-state index in [1.807, 2.05) is 30.3 Å². The summed E-state index contributed by atoms with van der Waals surface area (Å²) in [5.41, 5.74) is 7.94. The van der Waals surface area contributed by atoms with E-state index in [2.05, 4.69) is 20.5 Å². The monoisotopic (exact) mass is 726 g/mol. The van der Waals surface area contributed by atoms with Crippen molar-refractivity contribution < 1.29 is 46.9 Å². The van der Waals surface area contributed by atoms with Crippen molar-refractivity contribution in [2.45, 2.75) is 57.4 Å². The zero-order valence-corrected chi connectivity index (χ0v) is 30.0. The van der Waals surface area contributed by atoms with E-state index < -0.39 is 43.5 Å². The van der Waals surface area contributed by atoms with Crippen LogP contribution in [0.2, 0.25) is 0 Å². The Morgan fingerprint density at radius 1 is 0.961 bits per heavy atom. The number of nitrogen functional groups attached to an aromatic ring is 1. The summed E-state index contributed by atoms with van der Waals surface area (Å²) in [7, 11) is -0.312. The normalized spacial score (nSPS) is 14.8. The maximum atomic E-state index is 14.1. The van der Waals surface area contributed by atoms with E-state index >= 15 is 0 Å². The molecule has 274 valence electrons. The van der Waals surface area contributed by atoms with Crippen molar-refractivity contribution in [1.29, 1.82) is 0 Å². The second kappa shape index (κ2) is 17.8. The number of fused-ring (bicyclic) bond motifs is 1. The lowest BCUT2D eigenvalue weighted by molar-refractivity contribution is -0.143. The predicted octanol–water partition coefficient (Wildman–Crippen LogP) is 4.01. The predicted molar refractivity (Wildman–Crippen MR) is 186 cm³/mol. The molecule has 4 N–H and O–H groups in total. The van der Waals surface area contributed by atoms with Crippen molar-refractivity contribution in [3.63, 3.8) is 0 Å². The van der Waals surface area contributed by atoms with Crippen LogP contribution < -0.4 is 20.7 Å². The number of nitrogens with zero attached hydrogens (tertiary/aromatic N) is 3. The first-order valence-corrected chi connectivity index (χ1v) is 17.5. The fraction of sp³-hybridized carbons (Fsp3) is 0.382. The van der Waals surface area contributed by atoms with Crippen LogP contribution in [0.15, 0.2) is 73.1 Å². The number of ether oxygens (including phenoxy) is 4. The number of rotatable bonds is 18. The van der Waals surface area contributed by atoms with Crippen LogP contribution in [0.5, 0.6) is 5.75 Å². The van der Waals surface area contributed by atoms with Gasteiger partial charge in [0.05, 0.1) is 26.4 Å². The molecule has 0 aliphatic carbocycles. The van der Waals surface area contributed by atoms with E-state index in [1.165, 1.54) is 46.7 Å². The van der Waals surface area contributed by atoms with Crippen molar-refractivity contribution in [3.8, 4) is 5.75 Å². The third-order valence-electron chi connectivity index (χ3n) is 7.99. The van der Waals surface area contributed by atoms with E-state index in [4.69, 9.17) is 33.7 Å². The highest BCUT2D eigenvalue weighted by Gasteiger charge is 2.36. The highest BCUT2D eigenvalue weighted by Crippen LogP contribution is 2.46. The summed E-state index contributed by atoms with van der Waals surface area (Å²) < 4.78 is 48.2. The third-order valence-corrected chi connectivity index (χ3v) is 9.61. The maximum Gasteiger partial charge on any atom is 0.459 e. The van der Waals surface area contributed by atoms with Gasteiger partial charge in [-0.2, -0.15) is 10.2 Å². The van der Waals surface area contributed by atoms with Gasteiger partial charge < -0.3 is 34.5 Å². The summed E-state index contributed by atoms with van der Waals surface area (Å²) in [4.78, 5) is 41.2. The van der Waals surface area contributed by atoms with Crippen LogP contribution in [0, 0.1) is 0 Å². The van der Waals surface area contributed by atoms with E-state index in [0.29, 0.717) is 29.7 Å². The molecular formula is C34H43N6O10P. The smallest absolute Gasteiger partial charge is 0.459 e. The topological polar surface area (TPSA) is 204 Å². The summed E-state index contributed by atoms with van der Waals surface area (Å²) in [5.74, 6) is -0.871. The van der Waals surface area contributed by atoms with E-state index in [0.717, 1.165) is 11.3 Å². The van der Waals surface area contributed by atoms with Gasteiger partial charge in [-0.05, 0) is 62.1 Å². The summed E-state index contributed by atoms with van der Waals surface area (Å²) in [6.07, 6.45) is 1.57. The van der Waals surface area contributed by atoms with Crippen molar-refractivity contribution in [2.75, 3.05) is 33.7 Å². The second-order valence-corrected chi connectivity index (χ2v) is 13.5. The molecule has 17 heteroatoms. The van der Waals surface area contributed by atoms with Crippen LogP contribution in [0.3, 0.4) is 0 Å². The van der Waals surface area contributed by atoms with Crippen LogP contribution in [-0.4, -0.2) is 78.3 Å². The fourth-order valence-corrected chi connectivity index (χ4v) is 6.51. The Labute approximate surface area is 295 Å². The van der Waals surface area contributed by atoms with Gasteiger partial charge in [-0.15, -0.1) is 0 Å². The summed E-state index contributed by atoms with van der Waals surface area (Å²) in [6.45, 7) is 3.08. The summed E-state index contributed by atoms with van der Waals surface area (Å²) in [6, 6.07) is 17.0. The second-order valence-electron chi connectivity index (χ2n) is 11.8. The molecule has 0 bridgehead atoms. The van der Waals surface area contributed by atoms with Crippen LogP contribution in [-0.2, 0) is 57.1 Å². The summed E-state index contributed by atoms with van der Waals surface area (Å²) in [5, 5.41) is 9.43. The van der Waals surface area contributed by atoms with Gasteiger partial charge in [0.15, 0.2) is 5.82 Å². The molecule has 1 unspecified atom stereocenters. The first-order valence-electron chi connectivity index (χ1n) is 15.9. The lowest BCUT2D eigenvalue weighted by atomic mass is 10.00. The van der Waals surface area contributed by atoms with Gasteiger partial charge in [0.1, 0.15) is 36.3 Å². The minimum Gasteiger partial charge on any atom is -0.468 e. The number of benzene rings is 2. The molecule has 0 radical (unpaired) electrons. The quantitative estimate of drug-likeness (QED) is 0.0753. The standard InChI is InChI=1S/C34H43N6O10P/c1-23(31(41)45-3)39-51(44,49-21-34(2,47-5)18-17-26-13-16-29-30(35)36-22-37-40(26)29)50-27-14-11-24(12-15-27)19-28(32(42)46-4)38-33(43)48-20-25-9-7-6-8-10-25/h6-16,22-23,28H,17-21H2,1-5H3,(H,38,43)(H,39,44)(H2,35,36,37)/t23-,28-,34-,51?/m0/s1. The Morgan fingerprint density at radius 3 is 2.33 bits per heavy atom. The van der Waals surface area contributed by atoms with Crippen LogP contribution in [0.25, 0.3) is 5.52 Å². The van der Waals surface area contributed by atoms with Crippen LogP contribution in [0.4, 0.5) is 10.6 Å². The molecule has 1 amide bonds. The van der Waals surface area contributed by atoms with Gasteiger partial charge in [0, 0.05) is 19.2 Å². The van der Waals surface area contributed by atoms with Crippen LogP contribution in [0.1, 0.15) is 37.1 Å². The van der Waals surface area contributed by atoms with Crippen molar-refractivity contribution in [1.82, 2.24) is 25.0 Å². The number of carbonyl (C=O) groups excluding carboxylic acids is 3. The Bertz CT molecular complexity index is 1820. The lowest BCUT2D eigenvalue weighted by Gasteiger charge is -2.30. The molecule has 16 nitrogen and oxygen atoms in total. The Kier molecular flexibility index (Phi) is 13.5. The van der Waals surface area contributed by atoms with E-state index in [-0.39, 0.29) is 25.4 Å². The van der Waals surface area contributed by atoms with Crippen molar-refractivity contribution >= 4 is 37.1 Å². The zero-order valence-electron chi connectivity index (χ0n) is 29.1. The molecule has 0 saturated carbocycles. The Balaban J connectivity index is 1.42. The molecule has 2 aromatic carbocycles. The van der Waals surface area contributed by atoms with E-state index in [9.17, 15) is 18.9 Å². The van der Waals surface area contributed by atoms with Gasteiger partial charge in [-0.1, -0.05) is 42.5 Å². The number of alkyl carbamates (subject to hydrolysis) is 1. The van der Waals surface area contributed by atoms with E-state index in [1.54, 1.807) is 35.7 Å². The number of carbonyl (C=O) groups is 3. The van der Waals surface area contributed by atoms with Crippen LogP contribution >= 0.6 is 7.75 Å². The van der Waals surface area contributed by atoms with Gasteiger partial charge in [-0.25, -0.2) is 23.7 Å².